The van der Waals surface area contributed by atoms with Crippen LogP contribution < -0.4 is 5.32 Å². The third-order valence-corrected chi connectivity index (χ3v) is 4.27. The number of ether oxygens (including phenoxy) is 2. The molecule has 5 heteroatoms. The molecule has 0 unspecified atom stereocenters. The van der Waals surface area contributed by atoms with Gasteiger partial charge < -0.3 is 14.8 Å². The Morgan fingerprint density at radius 3 is 2.85 bits per heavy atom. The van der Waals surface area contributed by atoms with E-state index in [0.717, 1.165) is 62.8 Å². The molecular weight excluding hydrogens is 254 g/mol. The standard InChI is InChI=1S/C15H23N3O2/c1-3-20-15(5-8-19-9-6-15)14-17-11(2)12-4-7-16-10-13(12)18-14/h16H,3-10H2,1-2H3. The molecule has 0 atom stereocenters. The van der Waals surface area contributed by atoms with Crippen LogP contribution >= 0.6 is 0 Å². The Bertz CT molecular complexity index is 479. The molecule has 110 valence electrons. The molecule has 0 radical (unpaired) electrons. The smallest absolute Gasteiger partial charge is 0.161 e. The minimum atomic E-state index is -0.357. The Kier molecular flexibility index (Phi) is 4.01. The third-order valence-electron chi connectivity index (χ3n) is 4.27. The SMILES string of the molecule is CCOC1(c2nc(C)c3c(n2)CNCC3)CCOCC1. The largest absolute Gasteiger partial charge is 0.381 e. The van der Waals surface area contributed by atoms with Gasteiger partial charge in [-0.3, -0.25) is 0 Å². The molecule has 0 bridgehead atoms. The van der Waals surface area contributed by atoms with E-state index in [0.29, 0.717) is 6.61 Å². The van der Waals surface area contributed by atoms with Crippen molar-refractivity contribution in [3.8, 4) is 0 Å². The molecule has 20 heavy (non-hydrogen) atoms. The lowest BCUT2D eigenvalue weighted by atomic mass is 9.92. The topological polar surface area (TPSA) is 56.3 Å². The van der Waals surface area contributed by atoms with E-state index in [2.05, 4.69) is 12.2 Å². The van der Waals surface area contributed by atoms with Crippen LogP contribution in [0.3, 0.4) is 0 Å². The number of fused-ring (bicyclic) bond motifs is 1. The predicted molar refractivity (Wildman–Crippen MR) is 75.5 cm³/mol. The molecule has 2 aliphatic rings. The van der Waals surface area contributed by atoms with Crippen LogP contribution in [0.4, 0.5) is 0 Å². The Labute approximate surface area is 120 Å². The zero-order chi connectivity index (χ0) is 14.0. The number of nitrogens with zero attached hydrogens (tertiary/aromatic N) is 2. The molecule has 0 saturated carbocycles. The monoisotopic (exact) mass is 277 g/mol. The van der Waals surface area contributed by atoms with Crippen molar-refractivity contribution in [2.75, 3.05) is 26.4 Å². The summed E-state index contributed by atoms with van der Waals surface area (Å²) in [7, 11) is 0. The summed E-state index contributed by atoms with van der Waals surface area (Å²) in [5, 5.41) is 3.39. The minimum Gasteiger partial charge on any atom is -0.381 e. The van der Waals surface area contributed by atoms with Gasteiger partial charge in [0, 0.05) is 44.9 Å². The van der Waals surface area contributed by atoms with Crippen molar-refractivity contribution in [2.24, 2.45) is 0 Å². The normalized spacial score (nSPS) is 21.5. The van der Waals surface area contributed by atoms with Crippen LogP contribution in [0.25, 0.3) is 0 Å². The summed E-state index contributed by atoms with van der Waals surface area (Å²) in [6, 6.07) is 0. The second kappa shape index (κ2) is 5.76. The molecule has 1 fully saturated rings. The van der Waals surface area contributed by atoms with E-state index in [-0.39, 0.29) is 5.60 Å². The quantitative estimate of drug-likeness (QED) is 0.907. The average molecular weight is 277 g/mol. The lowest BCUT2D eigenvalue weighted by Crippen LogP contribution is -2.39. The fourth-order valence-electron chi connectivity index (χ4n) is 3.16. The second-order valence-electron chi connectivity index (χ2n) is 5.52. The molecule has 3 rings (SSSR count). The average Bonchev–Trinajstić information content (AvgIpc) is 2.48. The van der Waals surface area contributed by atoms with Crippen molar-refractivity contribution >= 4 is 0 Å². The van der Waals surface area contributed by atoms with Crippen LogP contribution in [-0.2, 0) is 28.0 Å². The van der Waals surface area contributed by atoms with E-state index in [1.807, 2.05) is 6.92 Å². The van der Waals surface area contributed by atoms with Gasteiger partial charge in [-0.25, -0.2) is 9.97 Å². The van der Waals surface area contributed by atoms with Crippen LogP contribution in [0.5, 0.6) is 0 Å². The summed E-state index contributed by atoms with van der Waals surface area (Å²) < 4.78 is 11.6. The van der Waals surface area contributed by atoms with E-state index in [4.69, 9.17) is 19.4 Å². The van der Waals surface area contributed by atoms with Crippen molar-refractivity contribution in [3.63, 3.8) is 0 Å². The van der Waals surface area contributed by atoms with Gasteiger partial charge in [0.25, 0.3) is 0 Å². The number of hydrogen-bond acceptors (Lipinski definition) is 5. The molecule has 2 aliphatic heterocycles. The number of rotatable bonds is 3. The molecule has 1 saturated heterocycles. The van der Waals surface area contributed by atoms with E-state index in [1.54, 1.807) is 0 Å². The molecule has 1 aromatic rings. The van der Waals surface area contributed by atoms with Crippen molar-refractivity contribution in [1.29, 1.82) is 0 Å². The molecule has 0 amide bonds. The lowest BCUT2D eigenvalue weighted by Gasteiger charge is -2.36. The predicted octanol–water partition coefficient (Wildman–Crippen LogP) is 1.47. The fourth-order valence-corrected chi connectivity index (χ4v) is 3.16. The highest BCUT2D eigenvalue weighted by Gasteiger charge is 2.39. The first kappa shape index (κ1) is 13.9. The van der Waals surface area contributed by atoms with Crippen LogP contribution in [0, 0.1) is 6.92 Å². The van der Waals surface area contributed by atoms with Gasteiger partial charge in [-0.05, 0) is 32.4 Å². The van der Waals surface area contributed by atoms with Gasteiger partial charge in [0.05, 0.1) is 5.69 Å². The van der Waals surface area contributed by atoms with Gasteiger partial charge in [-0.1, -0.05) is 0 Å². The fraction of sp³-hybridized carbons (Fsp3) is 0.733. The van der Waals surface area contributed by atoms with Crippen molar-refractivity contribution in [2.45, 2.75) is 45.3 Å². The van der Waals surface area contributed by atoms with Gasteiger partial charge in [0.1, 0.15) is 5.60 Å². The molecule has 1 N–H and O–H groups in total. The zero-order valence-electron chi connectivity index (χ0n) is 12.4. The maximum absolute atomic E-state index is 6.08. The highest BCUT2D eigenvalue weighted by molar-refractivity contribution is 5.29. The maximum Gasteiger partial charge on any atom is 0.161 e. The summed E-state index contributed by atoms with van der Waals surface area (Å²) in [6.07, 6.45) is 2.70. The number of aryl methyl sites for hydroxylation is 1. The minimum absolute atomic E-state index is 0.357. The molecule has 5 nitrogen and oxygen atoms in total. The van der Waals surface area contributed by atoms with E-state index in [1.165, 1.54) is 5.56 Å². The first-order valence-electron chi connectivity index (χ1n) is 7.54. The van der Waals surface area contributed by atoms with Crippen LogP contribution in [0.2, 0.25) is 0 Å². The van der Waals surface area contributed by atoms with E-state index >= 15 is 0 Å². The summed E-state index contributed by atoms with van der Waals surface area (Å²) in [5.74, 6) is 0.850. The molecule has 0 spiro atoms. The lowest BCUT2D eigenvalue weighted by molar-refractivity contribution is -0.118. The third kappa shape index (κ3) is 2.45. The van der Waals surface area contributed by atoms with Crippen molar-refractivity contribution in [3.05, 3.63) is 22.8 Å². The molecule has 1 aromatic heterocycles. The van der Waals surface area contributed by atoms with Gasteiger partial charge >= 0.3 is 0 Å². The van der Waals surface area contributed by atoms with Gasteiger partial charge in [-0.15, -0.1) is 0 Å². The number of hydrogen-bond donors (Lipinski definition) is 1. The number of nitrogens with one attached hydrogen (secondary N) is 1. The summed E-state index contributed by atoms with van der Waals surface area (Å²) >= 11 is 0. The van der Waals surface area contributed by atoms with Crippen LogP contribution in [-0.4, -0.2) is 36.3 Å². The Morgan fingerprint density at radius 2 is 2.10 bits per heavy atom. The molecule has 0 aliphatic carbocycles. The first-order chi connectivity index (χ1) is 9.75. The van der Waals surface area contributed by atoms with Gasteiger partial charge in [0.2, 0.25) is 0 Å². The van der Waals surface area contributed by atoms with Gasteiger partial charge in [-0.2, -0.15) is 0 Å². The highest BCUT2D eigenvalue weighted by atomic mass is 16.5. The number of aromatic nitrogens is 2. The molecule has 0 aromatic carbocycles. The second-order valence-corrected chi connectivity index (χ2v) is 5.52. The molecule has 3 heterocycles. The Balaban J connectivity index is 2.00. The van der Waals surface area contributed by atoms with Crippen molar-refractivity contribution < 1.29 is 9.47 Å². The Morgan fingerprint density at radius 1 is 1.30 bits per heavy atom. The Hall–Kier alpha value is -1.04. The maximum atomic E-state index is 6.08. The molecular formula is C15H23N3O2. The van der Waals surface area contributed by atoms with Crippen LogP contribution in [0.1, 0.15) is 42.5 Å². The van der Waals surface area contributed by atoms with Gasteiger partial charge in [0.15, 0.2) is 5.82 Å². The van der Waals surface area contributed by atoms with Crippen LogP contribution in [0.15, 0.2) is 0 Å². The summed E-state index contributed by atoms with van der Waals surface area (Å²) in [6.45, 7) is 8.09. The summed E-state index contributed by atoms with van der Waals surface area (Å²) in [5.41, 5.74) is 3.21. The highest BCUT2D eigenvalue weighted by Crippen LogP contribution is 2.35. The van der Waals surface area contributed by atoms with E-state index < -0.39 is 0 Å². The first-order valence-corrected chi connectivity index (χ1v) is 7.54. The summed E-state index contributed by atoms with van der Waals surface area (Å²) in [4.78, 5) is 9.62. The van der Waals surface area contributed by atoms with Crippen molar-refractivity contribution in [1.82, 2.24) is 15.3 Å². The zero-order valence-corrected chi connectivity index (χ0v) is 12.4. The van der Waals surface area contributed by atoms with E-state index in [9.17, 15) is 0 Å².